The monoisotopic (exact) mass is 281 g/mol. The summed E-state index contributed by atoms with van der Waals surface area (Å²) in [4.78, 5) is 0. The first kappa shape index (κ1) is 14.2. The first-order chi connectivity index (χ1) is 10.1. The van der Waals surface area contributed by atoms with E-state index in [0.29, 0.717) is 12.0 Å². The largest absolute Gasteiger partial charge is 0.491 e. The zero-order valence-corrected chi connectivity index (χ0v) is 13.0. The zero-order valence-electron chi connectivity index (χ0n) is 13.0. The number of ether oxygens (including phenoxy) is 1. The molecule has 2 nitrogen and oxygen atoms in total. The number of nitrogens with one attached hydrogen (secondary N) is 1. The van der Waals surface area contributed by atoms with Crippen LogP contribution in [0.1, 0.15) is 49.4 Å². The van der Waals surface area contributed by atoms with Gasteiger partial charge in [-0.05, 0) is 42.7 Å². The normalized spacial score (nSPS) is 21.1. The molecular weight excluding hydrogens is 258 g/mol. The Hall–Kier alpha value is -1.80. The van der Waals surface area contributed by atoms with Crippen LogP contribution in [-0.4, -0.2) is 6.10 Å². The van der Waals surface area contributed by atoms with Crippen LogP contribution < -0.4 is 10.1 Å². The Morgan fingerprint density at radius 2 is 1.86 bits per heavy atom. The smallest absolute Gasteiger partial charge is 0.120 e. The number of hydrogen-bond acceptors (Lipinski definition) is 2. The maximum Gasteiger partial charge on any atom is 0.120 e. The van der Waals surface area contributed by atoms with E-state index in [1.165, 1.54) is 16.7 Å². The Kier molecular flexibility index (Phi) is 3.98. The molecule has 0 saturated heterocycles. The van der Waals surface area contributed by atoms with Crippen molar-refractivity contribution in [1.29, 1.82) is 0 Å². The SMILES string of the molecule is CC(C)Oc1ccc2c(c1)CNC(c1ccccc1)C2C. The van der Waals surface area contributed by atoms with Gasteiger partial charge in [0.1, 0.15) is 5.75 Å². The molecule has 0 aromatic heterocycles. The Morgan fingerprint density at radius 3 is 2.57 bits per heavy atom. The Balaban J connectivity index is 1.87. The van der Waals surface area contributed by atoms with Crippen molar-refractivity contribution in [3.05, 3.63) is 65.2 Å². The van der Waals surface area contributed by atoms with E-state index in [-0.39, 0.29) is 6.10 Å². The van der Waals surface area contributed by atoms with Crippen molar-refractivity contribution in [3.8, 4) is 5.75 Å². The zero-order chi connectivity index (χ0) is 14.8. The lowest BCUT2D eigenvalue weighted by molar-refractivity contribution is 0.241. The Bertz CT molecular complexity index is 606. The van der Waals surface area contributed by atoms with E-state index in [9.17, 15) is 0 Å². The van der Waals surface area contributed by atoms with Crippen molar-refractivity contribution < 1.29 is 4.74 Å². The van der Waals surface area contributed by atoms with E-state index in [0.717, 1.165) is 12.3 Å². The minimum absolute atomic E-state index is 0.217. The first-order valence-electron chi connectivity index (χ1n) is 7.73. The molecule has 1 aliphatic heterocycles. The van der Waals surface area contributed by atoms with Gasteiger partial charge in [0.25, 0.3) is 0 Å². The second-order valence-corrected chi connectivity index (χ2v) is 6.09. The second kappa shape index (κ2) is 5.90. The molecule has 1 aliphatic rings. The third kappa shape index (κ3) is 2.96. The minimum Gasteiger partial charge on any atom is -0.491 e. The maximum atomic E-state index is 5.80. The molecule has 2 heteroatoms. The Morgan fingerprint density at radius 1 is 1.10 bits per heavy atom. The van der Waals surface area contributed by atoms with Crippen LogP contribution in [0.2, 0.25) is 0 Å². The molecular formula is C19H23NO. The molecule has 21 heavy (non-hydrogen) atoms. The minimum atomic E-state index is 0.217. The van der Waals surface area contributed by atoms with Crippen LogP contribution in [0, 0.1) is 0 Å². The highest BCUT2D eigenvalue weighted by atomic mass is 16.5. The first-order valence-corrected chi connectivity index (χ1v) is 7.73. The van der Waals surface area contributed by atoms with E-state index in [2.05, 4.69) is 74.6 Å². The fraction of sp³-hybridized carbons (Fsp3) is 0.368. The topological polar surface area (TPSA) is 21.3 Å². The lowest BCUT2D eigenvalue weighted by Crippen LogP contribution is -2.31. The van der Waals surface area contributed by atoms with E-state index in [1.807, 2.05) is 0 Å². The lowest BCUT2D eigenvalue weighted by atomic mass is 9.83. The summed E-state index contributed by atoms with van der Waals surface area (Å²) in [6, 6.07) is 17.6. The number of benzene rings is 2. The summed E-state index contributed by atoms with van der Waals surface area (Å²) < 4.78 is 5.80. The Labute approximate surface area is 127 Å². The van der Waals surface area contributed by atoms with Gasteiger partial charge in [-0.1, -0.05) is 43.3 Å². The molecule has 0 bridgehead atoms. The van der Waals surface area contributed by atoms with Gasteiger partial charge in [-0.15, -0.1) is 0 Å². The predicted octanol–water partition coefficient (Wildman–Crippen LogP) is 4.42. The van der Waals surface area contributed by atoms with Crippen LogP contribution in [0.15, 0.2) is 48.5 Å². The maximum absolute atomic E-state index is 5.80. The standard InChI is InChI=1S/C19H23NO/c1-13(2)21-17-9-10-18-14(3)19(20-12-16(18)11-17)15-7-5-4-6-8-15/h4-11,13-14,19-20H,12H2,1-3H3. The van der Waals surface area contributed by atoms with E-state index in [1.54, 1.807) is 0 Å². The van der Waals surface area contributed by atoms with Gasteiger partial charge in [-0.3, -0.25) is 0 Å². The number of rotatable bonds is 3. The van der Waals surface area contributed by atoms with Crippen LogP contribution in [0.5, 0.6) is 5.75 Å². The predicted molar refractivity (Wildman–Crippen MR) is 86.6 cm³/mol. The van der Waals surface area contributed by atoms with Gasteiger partial charge < -0.3 is 10.1 Å². The summed E-state index contributed by atoms with van der Waals surface area (Å²) in [6.07, 6.45) is 0.217. The highest BCUT2D eigenvalue weighted by Crippen LogP contribution is 2.37. The van der Waals surface area contributed by atoms with Gasteiger partial charge in [0.2, 0.25) is 0 Å². The second-order valence-electron chi connectivity index (χ2n) is 6.09. The molecule has 0 amide bonds. The summed E-state index contributed by atoms with van der Waals surface area (Å²) in [7, 11) is 0. The van der Waals surface area contributed by atoms with Gasteiger partial charge in [-0.25, -0.2) is 0 Å². The van der Waals surface area contributed by atoms with Crippen molar-refractivity contribution in [2.24, 2.45) is 0 Å². The molecule has 0 aliphatic carbocycles. The van der Waals surface area contributed by atoms with Gasteiger partial charge in [-0.2, -0.15) is 0 Å². The molecule has 0 fully saturated rings. The summed E-state index contributed by atoms with van der Waals surface area (Å²) in [5.74, 6) is 1.43. The molecule has 0 saturated carbocycles. The summed E-state index contributed by atoms with van der Waals surface area (Å²) in [5, 5.41) is 3.67. The molecule has 2 aromatic carbocycles. The highest BCUT2D eigenvalue weighted by molar-refractivity contribution is 5.41. The van der Waals surface area contributed by atoms with E-state index in [4.69, 9.17) is 4.74 Å². The van der Waals surface area contributed by atoms with Gasteiger partial charge >= 0.3 is 0 Å². The molecule has 2 atom stereocenters. The van der Waals surface area contributed by atoms with Crippen LogP contribution in [0.3, 0.4) is 0 Å². The molecule has 1 heterocycles. The molecule has 2 unspecified atom stereocenters. The van der Waals surface area contributed by atoms with Gasteiger partial charge in [0.15, 0.2) is 0 Å². The summed E-state index contributed by atoms with van der Waals surface area (Å²) in [6.45, 7) is 7.32. The summed E-state index contributed by atoms with van der Waals surface area (Å²) >= 11 is 0. The van der Waals surface area contributed by atoms with Crippen molar-refractivity contribution in [1.82, 2.24) is 5.32 Å². The third-order valence-corrected chi connectivity index (χ3v) is 4.15. The van der Waals surface area contributed by atoms with E-state index < -0.39 is 0 Å². The van der Waals surface area contributed by atoms with Crippen molar-refractivity contribution >= 4 is 0 Å². The van der Waals surface area contributed by atoms with Crippen molar-refractivity contribution in [2.45, 2.75) is 45.4 Å². The van der Waals surface area contributed by atoms with Crippen molar-refractivity contribution in [3.63, 3.8) is 0 Å². The van der Waals surface area contributed by atoms with Gasteiger partial charge in [0.05, 0.1) is 6.10 Å². The fourth-order valence-electron chi connectivity index (χ4n) is 3.17. The molecule has 110 valence electrons. The third-order valence-electron chi connectivity index (χ3n) is 4.15. The van der Waals surface area contributed by atoms with Crippen LogP contribution in [0.25, 0.3) is 0 Å². The molecule has 3 rings (SSSR count). The molecule has 0 spiro atoms. The van der Waals surface area contributed by atoms with E-state index >= 15 is 0 Å². The van der Waals surface area contributed by atoms with Crippen LogP contribution >= 0.6 is 0 Å². The summed E-state index contributed by atoms with van der Waals surface area (Å²) in [5.41, 5.74) is 4.14. The number of fused-ring (bicyclic) bond motifs is 1. The van der Waals surface area contributed by atoms with Crippen LogP contribution in [0.4, 0.5) is 0 Å². The average Bonchev–Trinajstić information content (AvgIpc) is 2.48. The average molecular weight is 281 g/mol. The van der Waals surface area contributed by atoms with Gasteiger partial charge in [0, 0.05) is 18.5 Å². The highest BCUT2D eigenvalue weighted by Gasteiger charge is 2.27. The molecule has 0 radical (unpaired) electrons. The van der Waals surface area contributed by atoms with Crippen LogP contribution in [-0.2, 0) is 6.54 Å². The molecule has 1 N–H and O–H groups in total. The fourth-order valence-corrected chi connectivity index (χ4v) is 3.17. The molecule has 2 aromatic rings. The lowest BCUT2D eigenvalue weighted by Gasteiger charge is -2.33. The van der Waals surface area contributed by atoms with Crippen molar-refractivity contribution in [2.75, 3.05) is 0 Å². The number of hydrogen-bond donors (Lipinski definition) is 1. The quantitative estimate of drug-likeness (QED) is 0.899.